The van der Waals surface area contributed by atoms with Crippen molar-refractivity contribution in [3.63, 3.8) is 0 Å². The number of carbonyl (C=O) groups excluding carboxylic acids is 2. The molecule has 4 aromatic rings. The number of piperidine rings is 1. The molecule has 2 aliphatic rings. The third kappa shape index (κ3) is 6.73. The van der Waals surface area contributed by atoms with E-state index >= 15 is 0 Å². The number of rotatable bonds is 6. The zero-order valence-electron chi connectivity index (χ0n) is 24.4. The van der Waals surface area contributed by atoms with Crippen molar-refractivity contribution < 1.29 is 19.1 Å². The average Bonchev–Trinajstić information content (AvgIpc) is 3.04. The van der Waals surface area contributed by atoms with E-state index in [9.17, 15) is 9.59 Å². The molecule has 0 unspecified atom stereocenters. The first-order valence-corrected chi connectivity index (χ1v) is 15.5. The van der Waals surface area contributed by atoms with Gasteiger partial charge in [0.25, 0.3) is 0 Å². The Bertz CT molecular complexity index is 1620. The number of hydrogen-bond donors (Lipinski definition) is 1. The number of urea groups is 1. The lowest BCUT2D eigenvalue weighted by atomic mass is 9.99. The molecule has 2 amide bonds. The summed E-state index contributed by atoms with van der Waals surface area (Å²) in [6.07, 6.45) is 0.141. The summed E-state index contributed by atoms with van der Waals surface area (Å²) in [5.41, 5.74) is 2.21. The van der Waals surface area contributed by atoms with Crippen LogP contribution in [-0.2, 0) is 4.74 Å². The van der Waals surface area contributed by atoms with Crippen molar-refractivity contribution in [3.8, 4) is 5.75 Å². The van der Waals surface area contributed by atoms with Crippen molar-refractivity contribution in [2.75, 3.05) is 56.6 Å². The number of nitrogens with zero attached hydrogens (tertiary/aromatic N) is 3. The smallest absolute Gasteiger partial charge is 0.339 e. The van der Waals surface area contributed by atoms with Crippen LogP contribution in [0.4, 0.5) is 16.2 Å². The number of halogens is 2. The van der Waals surface area contributed by atoms with Crippen molar-refractivity contribution in [3.05, 3.63) is 101 Å². The number of piperazine rings is 1. The van der Waals surface area contributed by atoms with Crippen LogP contribution in [0.25, 0.3) is 10.8 Å². The number of carbonyl (C=O) groups is 2. The fourth-order valence-electron chi connectivity index (χ4n) is 6.12. The molecule has 2 saturated heterocycles. The minimum Gasteiger partial charge on any atom is -0.497 e. The molecule has 8 nitrogen and oxygen atoms in total. The van der Waals surface area contributed by atoms with E-state index in [-0.39, 0.29) is 24.1 Å². The number of fused-ring (bicyclic) bond motifs is 1. The van der Waals surface area contributed by atoms with Crippen molar-refractivity contribution in [2.24, 2.45) is 0 Å². The average molecular weight is 634 g/mol. The predicted molar refractivity (Wildman–Crippen MR) is 175 cm³/mol. The van der Waals surface area contributed by atoms with Crippen molar-refractivity contribution in [2.45, 2.75) is 18.6 Å². The number of esters is 1. The summed E-state index contributed by atoms with van der Waals surface area (Å²) in [4.78, 5) is 33.4. The molecular weight excluding hydrogens is 599 g/mol. The molecule has 2 heterocycles. The van der Waals surface area contributed by atoms with Crippen LogP contribution in [-0.4, -0.2) is 80.3 Å². The van der Waals surface area contributed by atoms with Gasteiger partial charge in [-0.25, -0.2) is 9.59 Å². The maximum absolute atomic E-state index is 13.6. The van der Waals surface area contributed by atoms with Crippen LogP contribution in [0.15, 0.2) is 84.9 Å². The molecule has 0 spiro atoms. The summed E-state index contributed by atoms with van der Waals surface area (Å²) >= 11 is 12.3. The first-order chi connectivity index (χ1) is 21.4. The van der Waals surface area contributed by atoms with E-state index in [0.717, 1.165) is 48.4 Å². The molecule has 0 bridgehead atoms. The van der Waals surface area contributed by atoms with E-state index in [2.05, 4.69) is 27.2 Å². The minimum absolute atomic E-state index is 0.172. The molecule has 0 aliphatic carbocycles. The third-order valence-corrected chi connectivity index (χ3v) is 8.85. The van der Waals surface area contributed by atoms with Gasteiger partial charge in [0.05, 0.1) is 18.7 Å². The molecule has 6 rings (SSSR count). The lowest BCUT2D eigenvalue weighted by Gasteiger charge is -2.46. The zero-order valence-corrected chi connectivity index (χ0v) is 25.9. The van der Waals surface area contributed by atoms with E-state index in [1.54, 1.807) is 30.2 Å². The second-order valence-electron chi connectivity index (χ2n) is 11.1. The summed E-state index contributed by atoms with van der Waals surface area (Å²) in [5, 5.41) is 5.67. The van der Waals surface area contributed by atoms with Gasteiger partial charge in [-0.2, -0.15) is 0 Å². The molecule has 2 atom stereocenters. The Morgan fingerprint density at radius 3 is 2.27 bits per heavy atom. The van der Waals surface area contributed by atoms with Crippen LogP contribution in [0.3, 0.4) is 0 Å². The normalized spacial score (nSPS) is 19.1. The number of methoxy groups -OCH3 is 1. The second-order valence-corrected chi connectivity index (χ2v) is 12.0. The molecule has 2 aliphatic heterocycles. The van der Waals surface area contributed by atoms with E-state index in [0.29, 0.717) is 40.8 Å². The molecular formula is C34H34Cl2N4O4. The lowest BCUT2D eigenvalue weighted by molar-refractivity contribution is -0.0289. The molecule has 0 aromatic heterocycles. The number of amides is 2. The maximum atomic E-state index is 13.6. The highest BCUT2D eigenvalue weighted by atomic mass is 35.5. The number of anilines is 2. The van der Waals surface area contributed by atoms with Crippen LogP contribution < -0.4 is 15.0 Å². The highest BCUT2D eigenvalue weighted by molar-refractivity contribution is 6.35. The summed E-state index contributed by atoms with van der Waals surface area (Å²) in [5.74, 6) is 0.476. The third-order valence-electron chi connectivity index (χ3n) is 8.41. The SMILES string of the molecule is COc1ccc(N2CCN([C@@H]3CN(C(=O)Nc4cc(Cl)cc(Cl)c4)CC[C@H]3OC(=O)c3cccc4ccccc34)CC2)cc1. The number of benzene rings is 4. The van der Waals surface area contributed by atoms with Crippen LogP contribution >= 0.6 is 23.2 Å². The molecule has 228 valence electrons. The lowest BCUT2D eigenvalue weighted by Crippen LogP contribution is -2.61. The van der Waals surface area contributed by atoms with E-state index in [1.807, 2.05) is 54.6 Å². The Morgan fingerprint density at radius 1 is 0.841 bits per heavy atom. The Hall–Kier alpha value is -3.98. The molecule has 0 radical (unpaired) electrons. The standard InChI is InChI=1S/C34H34Cl2N4O4/c1-43-28-11-9-27(10-12-28)38-15-17-39(18-16-38)31-22-40(34(42)37-26-20-24(35)19-25(36)21-26)14-13-32(31)44-33(41)30-8-4-6-23-5-2-3-7-29(23)30/h2-12,19-21,31-32H,13-18,22H2,1H3,(H,37,42)/t31-,32-/m1/s1. The van der Waals surface area contributed by atoms with Crippen molar-refractivity contribution in [1.29, 1.82) is 0 Å². The maximum Gasteiger partial charge on any atom is 0.339 e. The highest BCUT2D eigenvalue weighted by Gasteiger charge is 2.39. The molecule has 44 heavy (non-hydrogen) atoms. The number of nitrogens with one attached hydrogen (secondary N) is 1. The molecule has 10 heteroatoms. The number of likely N-dealkylation sites (tertiary alicyclic amines) is 1. The highest BCUT2D eigenvalue weighted by Crippen LogP contribution is 2.28. The monoisotopic (exact) mass is 632 g/mol. The van der Waals surface area contributed by atoms with Crippen LogP contribution in [0, 0.1) is 0 Å². The van der Waals surface area contributed by atoms with Gasteiger partial charge in [0.1, 0.15) is 11.9 Å². The molecule has 0 saturated carbocycles. The largest absolute Gasteiger partial charge is 0.497 e. The van der Waals surface area contributed by atoms with Crippen LogP contribution in [0.1, 0.15) is 16.8 Å². The molecule has 4 aromatic carbocycles. The van der Waals surface area contributed by atoms with Gasteiger partial charge in [0, 0.05) is 67.1 Å². The minimum atomic E-state index is -0.376. The van der Waals surface area contributed by atoms with Gasteiger partial charge in [-0.1, -0.05) is 59.6 Å². The second kappa shape index (κ2) is 13.3. The quantitative estimate of drug-likeness (QED) is 0.235. The van der Waals surface area contributed by atoms with E-state index in [4.69, 9.17) is 32.7 Å². The van der Waals surface area contributed by atoms with Gasteiger partial charge in [-0.3, -0.25) is 4.90 Å². The van der Waals surface area contributed by atoms with Gasteiger partial charge in [0.2, 0.25) is 0 Å². The zero-order chi connectivity index (χ0) is 30.6. The van der Waals surface area contributed by atoms with E-state index in [1.165, 1.54) is 0 Å². The fourth-order valence-corrected chi connectivity index (χ4v) is 6.65. The number of hydrogen-bond acceptors (Lipinski definition) is 6. The summed E-state index contributed by atoms with van der Waals surface area (Å²) < 4.78 is 11.6. The van der Waals surface area contributed by atoms with Gasteiger partial charge in [-0.15, -0.1) is 0 Å². The Labute approximate surface area is 267 Å². The van der Waals surface area contributed by atoms with Gasteiger partial charge < -0.3 is 24.6 Å². The topological polar surface area (TPSA) is 74.3 Å². The van der Waals surface area contributed by atoms with Crippen LogP contribution in [0.2, 0.25) is 10.0 Å². The molecule has 2 fully saturated rings. The number of ether oxygens (including phenoxy) is 2. The fraction of sp³-hybridized carbons (Fsp3) is 0.294. The van der Waals surface area contributed by atoms with E-state index < -0.39 is 0 Å². The summed E-state index contributed by atoms with van der Waals surface area (Å²) in [6, 6.07) is 26.1. The Balaban J connectivity index is 1.19. The van der Waals surface area contributed by atoms with Crippen molar-refractivity contribution >= 4 is 57.3 Å². The summed E-state index contributed by atoms with van der Waals surface area (Å²) in [6.45, 7) is 3.99. The Morgan fingerprint density at radius 2 is 1.55 bits per heavy atom. The van der Waals surface area contributed by atoms with Gasteiger partial charge >= 0.3 is 12.0 Å². The first-order valence-electron chi connectivity index (χ1n) is 14.7. The first kappa shape index (κ1) is 30.1. The van der Waals surface area contributed by atoms with Gasteiger partial charge in [-0.05, 0) is 59.3 Å². The predicted octanol–water partition coefficient (Wildman–Crippen LogP) is 6.81. The van der Waals surface area contributed by atoms with Crippen LogP contribution in [0.5, 0.6) is 5.75 Å². The molecule has 1 N–H and O–H groups in total. The van der Waals surface area contributed by atoms with Gasteiger partial charge in [0.15, 0.2) is 0 Å². The van der Waals surface area contributed by atoms with Crippen molar-refractivity contribution in [1.82, 2.24) is 9.80 Å². The summed E-state index contributed by atoms with van der Waals surface area (Å²) in [7, 11) is 1.66. The Kier molecular flexibility index (Phi) is 9.12.